The van der Waals surface area contributed by atoms with Crippen LogP contribution in [-0.4, -0.2) is 22.5 Å². The summed E-state index contributed by atoms with van der Waals surface area (Å²) in [7, 11) is 0. The van der Waals surface area contributed by atoms with Crippen LogP contribution in [0.2, 0.25) is 0 Å². The Labute approximate surface area is 110 Å². The Balaban J connectivity index is 2.24. The van der Waals surface area contributed by atoms with Crippen LogP contribution in [0.25, 0.3) is 0 Å². The highest BCUT2D eigenvalue weighted by Crippen LogP contribution is 2.30. The SMILES string of the molecule is N/C(=N/O)C1(NC(=O)c2ccccc2F)CCCC1. The maximum absolute atomic E-state index is 13.6. The molecule has 0 spiro atoms. The van der Waals surface area contributed by atoms with Crippen LogP contribution in [-0.2, 0) is 0 Å². The van der Waals surface area contributed by atoms with Gasteiger partial charge in [-0.25, -0.2) is 4.39 Å². The zero-order valence-corrected chi connectivity index (χ0v) is 10.4. The molecule has 1 saturated carbocycles. The fraction of sp³-hybridized carbons (Fsp3) is 0.385. The predicted octanol–water partition coefficient (Wildman–Crippen LogP) is 1.61. The third-order valence-corrected chi connectivity index (χ3v) is 3.53. The van der Waals surface area contributed by atoms with Gasteiger partial charge >= 0.3 is 0 Å². The monoisotopic (exact) mass is 265 g/mol. The van der Waals surface area contributed by atoms with E-state index in [2.05, 4.69) is 10.5 Å². The van der Waals surface area contributed by atoms with Crippen LogP contribution in [0.15, 0.2) is 29.4 Å². The average Bonchev–Trinajstić information content (AvgIpc) is 2.88. The van der Waals surface area contributed by atoms with Gasteiger partial charge in [0.25, 0.3) is 5.91 Å². The number of nitrogens with one attached hydrogen (secondary N) is 1. The summed E-state index contributed by atoms with van der Waals surface area (Å²) in [5.74, 6) is -1.17. The third-order valence-electron chi connectivity index (χ3n) is 3.53. The predicted molar refractivity (Wildman–Crippen MR) is 68.5 cm³/mol. The minimum absolute atomic E-state index is 0.0327. The molecular weight excluding hydrogens is 249 g/mol. The van der Waals surface area contributed by atoms with Crippen molar-refractivity contribution < 1.29 is 14.4 Å². The Bertz CT molecular complexity index is 510. The molecule has 1 fully saturated rings. The molecule has 0 heterocycles. The van der Waals surface area contributed by atoms with Crippen molar-refractivity contribution >= 4 is 11.7 Å². The molecule has 5 nitrogen and oxygen atoms in total. The number of carbonyl (C=O) groups excluding carboxylic acids is 1. The van der Waals surface area contributed by atoms with Crippen molar-refractivity contribution in [2.24, 2.45) is 10.9 Å². The molecule has 19 heavy (non-hydrogen) atoms. The number of oxime groups is 1. The molecule has 0 unspecified atom stereocenters. The summed E-state index contributed by atoms with van der Waals surface area (Å²) in [5.41, 5.74) is 4.76. The number of nitrogens with two attached hydrogens (primary N) is 1. The molecule has 1 aromatic rings. The summed E-state index contributed by atoms with van der Waals surface area (Å²) in [6.45, 7) is 0. The number of amidine groups is 1. The smallest absolute Gasteiger partial charge is 0.255 e. The van der Waals surface area contributed by atoms with Crippen molar-refractivity contribution in [2.75, 3.05) is 0 Å². The first-order chi connectivity index (χ1) is 9.09. The molecule has 4 N–H and O–H groups in total. The summed E-state index contributed by atoms with van der Waals surface area (Å²) in [4.78, 5) is 12.1. The second kappa shape index (κ2) is 5.26. The lowest BCUT2D eigenvalue weighted by molar-refractivity contribution is 0.0918. The molecule has 0 bridgehead atoms. The maximum Gasteiger partial charge on any atom is 0.255 e. The first-order valence-corrected chi connectivity index (χ1v) is 6.14. The van der Waals surface area contributed by atoms with Crippen molar-refractivity contribution in [1.82, 2.24) is 5.32 Å². The second-order valence-electron chi connectivity index (χ2n) is 4.71. The molecule has 2 rings (SSSR count). The number of halogens is 1. The van der Waals surface area contributed by atoms with Gasteiger partial charge < -0.3 is 16.3 Å². The van der Waals surface area contributed by atoms with E-state index in [9.17, 15) is 9.18 Å². The van der Waals surface area contributed by atoms with E-state index in [0.717, 1.165) is 12.8 Å². The number of hydrogen-bond donors (Lipinski definition) is 3. The molecule has 102 valence electrons. The molecule has 1 aliphatic carbocycles. The van der Waals surface area contributed by atoms with Crippen molar-refractivity contribution in [3.8, 4) is 0 Å². The van der Waals surface area contributed by atoms with Crippen molar-refractivity contribution in [3.63, 3.8) is 0 Å². The Kier molecular flexibility index (Phi) is 3.69. The van der Waals surface area contributed by atoms with Gasteiger partial charge in [0.1, 0.15) is 11.4 Å². The van der Waals surface area contributed by atoms with E-state index in [1.165, 1.54) is 18.2 Å². The van der Waals surface area contributed by atoms with Gasteiger partial charge in [-0.15, -0.1) is 0 Å². The Hall–Kier alpha value is -2.11. The van der Waals surface area contributed by atoms with Crippen LogP contribution in [0, 0.1) is 5.82 Å². The summed E-state index contributed by atoms with van der Waals surface area (Å²) >= 11 is 0. The van der Waals surface area contributed by atoms with Crippen LogP contribution in [0.5, 0.6) is 0 Å². The van der Waals surface area contributed by atoms with Crippen LogP contribution in [0.4, 0.5) is 4.39 Å². The summed E-state index contributed by atoms with van der Waals surface area (Å²) in [6, 6.07) is 5.73. The third kappa shape index (κ3) is 2.52. The van der Waals surface area contributed by atoms with Crippen LogP contribution < -0.4 is 11.1 Å². The van der Waals surface area contributed by atoms with Gasteiger partial charge in [-0.2, -0.15) is 0 Å². The molecule has 1 aliphatic rings. The molecule has 0 atom stereocenters. The quantitative estimate of drug-likeness (QED) is 0.336. The second-order valence-corrected chi connectivity index (χ2v) is 4.71. The zero-order valence-electron chi connectivity index (χ0n) is 10.4. The highest BCUT2D eigenvalue weighted by atomic mass is 19.1. The number of rotatable bonds is 3. The average molecular weight is 265 g/mol. The first-order valence-electron chi connectivity index (χ1n) is 6.14. The standard InChI is InChI=1S/C13H16FN3O2/c14-10-6-2-1-5-9(10)11(18)16-13(12(15)17-19)7-3-4-8-13/h1-2,5-6,19H,3-4,7-8H2,(H2,15,17)(H,16,18). The maximum atomic E-state index is 13.6. The number of benzene rings is 1. The van der Waals surface area contributed by atoms with Crippen LogP contribution in [0.1, 0.15) is 36.0 Å². The molecular formula is C13H16FN3O2. The minimum Gasteiger partial charge on any atom is -0.409 e. The van der Waals surface area contributed by atoms with E-state index in [1.807, 2.05) is 0 Å². The summed E-state index contributed by atoms with van der Waals surface area (Å²) < 4.78 is 13.6. The molecule has 1 aromatic carbocycles. The molecule has 0 aromatic heterocycles. The highest BCUT2D eigenvalue weighted by Gasteiger charge is 2.40. The fourth-order valence-electron chi connectivity index (χ4n) is 2.45. The van der Waals surface area contributed by atoms with Gasteiger partial charge in [-0.05, 0) is 25.0 Å². The Morgan fingerprint density at radius 3 is 2.58 bits per heavy atom. The molecule has 0 radical (unpaired) electrons. The van der Waals surface area contributed by atoms with Crippen LogP contribution >= 0.6 is 0 Å². The lowest BCUT2D eigenvalue weighted by atomic mass is 9.95. The van der Waals surface area contributed by atoms with Crippen molar-refractivity contribution in [3.05, 3.63) is 35.6 Å². The number of nitrogens with zero attached hydrogens (tertiary/aromatic N) is 1. The van der Waals surface area contributed by atoms with Crippen molar-refractivity contribution in [2.45, 2.75) is 31.2 Å². The van der Waals surface area contributed by atoms with E-state index in [-0.39, 0.29) is 11.4 Å². The highest BCUT2D eigenvalue weighted by molar-refractivity contribution is 6.00. The molecule has 0 aliphatic heterocycles. The lowest BCUT2D eigenvalue weighted by Gasteiger charge is -2.28. The lowest BCUT2D eigenvalue weighted by Crippen LogP contribution is -2.55. The van der Waals surface area contributed by atoms with E-state index in [1.54, 1.807) is 6.07 Å². The van der Waals surface area contributed by atoms with E-state index < -0.39 is 17.3 Å². The normalized spacial score (nSPS) is 18.3. The molecule has 6 heteroatoms. The van der Waals surface area contributed by atoms with Gasteiger partial charge in [-0.1, -0.05) is 30.1 Å². The summed E-state index contributed by atoms with van der Waals surface area (Å²) in [5, 5.41) is 14.5. The number of hydrogen-bond acceptors (Lipinski definition) is 3. The van der Waals surface area contributed by atoms with Gasteiger partial charge in [0, 0.05) is 0 Å². The van der Waals surface area contributed by atoms with E-state index >= 15 is 0 Å². The first kappa shape index (κ1) is 13.3. The topological polar surface area (TPSA) is 87.7 Å². The van der Waals surface area contributed by atoms with E-state index in [0.29, 0.717) is 12.8 Å². The fourth-order valence-corrected chi connectivity index (χ4v) is 2.45. The van der Waals surface area contributed by atoms with Gasteiger partial charge in [0.15, 0.2) is 5.84 Å². The Morgan fingerprint density at radius 2 is 2.00 bits per heavy atom. The Morgan fingerprint density at radius 1 is 1.37 bits per heavy atom. The minimum atomic E-state index is -0.867. The number of amides is 1. The number of carbonyl (C=O) groups is 1. The van der Waals surface area contributed by atoms with Gasteiger partial charge in [0.05, 0.1) is 5.56 Å². The molecule has 1 amide bonds. The van der Waals surface area contributed by atoms with Gasteiger partial charge in [0.2, 0.25) is 0 Å². The van der Waals surface area contributed by atoms with Crippen molar-refractivity contribution in [1.29, 1.82) is 0 Å². The summed E-state index contributed by atoms with van der Waals surface area (Å²) in [6.07, 6.45) is 2.91. The van der Waals surface area contributed by atoms with Crippen LogP contribution in [0.3, 0.4) is 0 Å². The zero-order chi connectivity index (χ0) is 13.9. The van der Waals surface area contributed by atoms with E-state index in [4.69, 9.17) is 10.9 Å². The largest absolute Gasteiger partial charge is 0.409 e. The van der Waals surface area contributed by atoms with Gasteiger partial charge in [-0.3, -0.25) is 4.79 Å². The molecule has 0 saturated heterocycles.